The normalized spacial score (nSPS) is 38.1. The summed E-state index contributed by atoms with van der Waals surface area (Å²) in [6.45, 7) is 0.439. The van der Waals surface area contributed by atoms with E-state index in [2.05, 4.69) is 5.16 Å². The fraction of sp³-hybridized carbons (Fsp3) is 0.500. The van der Waals surface area contributed by atoms with Gasteiger partial charge in [0.2, 0.25) is 0 Å². The lowest BCUT2D eigenvalue weighted by Crippen LogP contribution is -2.51. The zero-order valence-corrected chi connectivity index (χ0v) is 10.9. The van der Waals surface area contributed by atoms with Crippen LogP contribution in [0.1, 0.15) is 5.56 Å². The third-order valence-electron chi connectivity index (χ3n) is 4.08. The average Bonchev–Trinajstić information content (AvgIpc) is 3.11. The first kappa shape index (κ1) is 12.1. The van der Waals surface area contributed by atoms with Crippen LogP contribution in [0.2, 0.25) is 0 Å². The Hall–Kier alpha value is -1.63. The van der Waals surface area contributed by atoms with Gasteiger partial charge in [-0.1, -0.05) is 5.16 Å². The molecule has 1 aromatic rings. The summed E-state index contributed by atoms with van der Waals surface area (Å²) in [4.78, 5) is 5.47. The number of nitrogens with zero attached hydrogens (tertiary/aromatic N) is 1. The molecule has 3 aliphatic rings. The number of benzene rings is 1. The van der Waals surface area contributed by atoms with Gasteiger partial charge in [0.1, 0.15) is 18.0 Å². The van der Waals surface area contributed by atoms with Crippen molar-refractivity contribution in [3.8, 4) is 5.75 Å². The number of fused-ring (bicyclic) bond motifs is 4. The molecule has 1 aromatic carbocycles. The van der Waals surface area contributed by atoms with Crippen LogP contribution >= 0.6 is 0 Å². The van der Waals surface area contributed by atoms with E-state index in [4.69, 9.17) is 19.0 Å². The molecule has 3 aliphatic heterocycles. The molecule has 6 heteroatoms. The second-order valence-corrected chi connectivity index (χ2v) is 5.17. The number of hydrogen-bond donors (Lipinski definition) is 1. The molecular formula is C14H15NO5. The maximum absolute atomic E-state index is 10.4. The maximum Gasteiger partial charge on any atom is 0.184 e. The summed E-state index contributed by atoms with van der Waals surface area (Å²) in [5, 5.41) is 14.5. The number of ether oxygens (including phenoxy) is 3. The molecule has 1 N–H and O–H groups in total. The van der Waals surface area contributed by atoms with E-state index in [1.807, 2.05) is 24.3 Å². The molecule has 0 amide bonds. The monoisotopic (exact) mass is 277 g/mol. The first-order valence-corrected chi connectivity index (χ1v) is 6.61. The van der Waals surface area contributed by atoms with Crippen molar-refractivity contribution < 1.29 is 24.2 Å². The Bertz CT molecular complexity index is 543. The van der Waals surface area contributed by atoms with Gasteiger partial charge in [-0.3, -0.25) is 0 Å². The van der Waals surface area contributed by atoms with E-state index in [0.717, 1.165) is 17.0 Å². The lowest BCUT2D eigenvalue weighted by Gasteiger charge is -2.32. The highest BCUT2D eigenvalue weighted by Crippen LogP contribution is 2.39. The molecule has 106 valence electrons. The topological polar surface area (TPSA) is 69.5 Å². The second kappa shape index (κ2) is 4.44. The zero-order chi connectivity index (χ0) is 13.7. The Labute approximate surface area is 115 Å². The van der Waals surface area contributed by atoms with Gasteiger partial charge < -0.3 is 24.2 Å². The fourth-order valence-corrected chi connectivity index (χ4v) is 3.02. The number of hydrogen-bond acceptors (Lipinski definition) is 6. The van der Waals surface area contributed by atoms with E-state index in [0.29, 0.717) is 6.61 Å². The van der Waals surface area contributed by atoms with Gasteiger partial charge in [-0.05, 0) is 24.3 Å². The van der Waals surface area contributed by atoms with Crippen LogP contribution in [-0.4, -0.2) is 49.1 Å². The van der Waals surface area contributed by atoms with Gasteiger partial charge >= 0.3 is 0 Å². The minimum Gasteiger partial charge on any atom is -0.497 e. The molecular weight excluding hydrogens is 262 g/mol. The third-order valence-corrected chi connectivity index (χ3v) is 4.08. The lowest BCUT2D eigenvalue weighted by atomic mass is 9.84. The molecule has 2 bridgehead atoms. The first-order valence-electron chi connectivity index (χ1n) is 6.61. The first-order chi connectivity index (χ1) is 9.78. The third kappa shape index (κ3) is 1.65. The predicted molar refractivity (Wildman–Crippen MR) is 68.5 cm³/mol. The molecule has 0 spiro atoms. The average molecular weight is 277 g/mol. The SMILES string of the molecule is COc1ccc(C2=NOC3C4COC(O4)C(O)C23)cc1. The number of aliphatic hydroxyl groups is 1. The van der Waals surface area contributed by atoms with E-state index in [9.17, 15) is 5.11 Å². The van der Waals surface area contributed by atoms with Crippen molar-refractivity contribution in [1.29, 1.82) is 0 Å². The second-order valence-electron chi connectivity index (χ2n) is 5.17. The molecule has 4 rings (SSSR count). The maximum atomic E-state index is 10.4. The largest absolute Gasteiger partial charge is 0.497 e. The van der Waals surface area contributed by atoms with E-state index in [-0.39, 0.29) is 18.1 Å². The summed E-state index contributed by atoms with van der Waals surface area (Å²) in [6.07, 6.45) is -1.78. The van der Waals surface area contributed by atoms with Crippen molar-refractivity contribution in [3.05, 3.63) is 29.8 Å². The summed E-state index contributed by atoms with van der Waals surface area (Å²) in [5.41, 5.74) is 1.66. The van der Waals surface area contributed by atoms with Crippen LogP contribution in [0.4, 0.5) is 0 Å². The summed E-state index contributed by atoms with van der Waals surface area (Å²) >= 11 is 0. The molecule has 0 aromatic heterocycles. The Morgan fingerprint density at radius 3 is 2.85 bits per heavy atom. The summed E-state index contributed by atoms with van der Waals surface area (Å²) < 4.78 is 16.1. The van der Waals surface area contributed by atoms with E-state index >= 15 is 0 Å². The van der Waals surface area contributed by atoms with Crippen molar-refractivity contribution in [2.45, 2.75) is 24.6 Å². The predicted octanol–water partition coefficient (Wildman–Crippen LogP) is 0.530. The molecule has 5 atom stereocenters. The van der Waals surface area contributed by atoms with Gasteiger partial charge in [-0.15, -0.1) is 0 Å². The lowest BCUT2D eigenvalue weighted by molar-refractivity contribution is -0.197. The standard InChI is InChI=1S/C14H15NO5/c1-17-8-4-2-7(3-5-8)11-10-12(16)14-18-6-9(19-14)13(10)20-15-11/h2-5,9-10,12-14,16H,6H2,1H3. The quantitative estimate of drug-likeness (QED) is 0.854. The van der Waals surface area contributed by atoms with Crippen LogP contribution in [0.25, 0.3) is 0 Å². The van der Waals surface area contributed by atoms with Gasteiger partial charge in [0.25, 0.3) is 0 Å². The van der Waals surface area contributed by atoms with Gasteiger partial charge in [-0.25, -0.2) is 0 Å². The summed E-state index contributed by atoms with van der Waals surface area (Å²) in [7, 11) is 1.62. The molecule has 2 saturated heterocycles. The van der Waals surface area contributed by atoms with Gasteiger partial charge in [0.15, 0.2) is 12.4 Å². The summed E-state index contributed by atoms with van der Waals surface area (Å²) in [6, 6.07) is 7.55. The van der Waals surface area contributed by atoms with Crippen LogP contribution in [0.3, 0.4) is 0 Å². The molecule has 20 heavy (non-hydrogen) atoms. The molecule has 0 radical (unpaired) electrons. The highest BCUT2D eigenvalue weighted by Gasteiger charge is 2.56. The van der Waals surface area contributed by atoms with Crippen molar-refractivity contribution in [3.63, 3.8) is 0 Å². The van der Waals surface area contributed by atoms with Crippen LogP contribution in [-0.2, 0) is 14.3 Å². The number of rotatable bonds is 2. The van der Waals surface area contributed by atoms with Gasteiger partial charge in [0, 0.05) is 5.56 Å². The highest BCUT2D eigenvalue weighted by atomic mass is 16.8. The summed E-state index contributed by atoms with van der Waals surface area (Å²) in [5.74, 6) is 0.565. The molecule has 0 aliphatic carbocycles. The van der Waals surface area contributed by atoms with E-state index in [1.165, 1.54) is 0 Å². The Morgan fingerprint density at radius 1 is 1.30 bits per heavy atom. The van der Waals surface area contributed by atoms with Gasteiger partial charge in [-0.2, -0.15) is 0 Å². The minimum absolute atomic E-state index is 0.159. The van der Waals surface area contributed by atoms with Crippen molar-refractivity contribution >= 4 is 5.71 Å². The molecule has 0 saturated carbocycles. The van der Waals surface area contributed by atoms with Crippen LogP contribution in [0, 0.1) is 5.92 Å². The Balaban J connectivity index is 1.65. The van der Waals surface area contributed by atoms with E-state index in [1.54, 1.807) is 7.11 Å². The smallest absolute Gasteiger partial charge is 0.184 e. The number of aliphatic hydroxyl groups excluding tert-OH is 1. The van der Waals surface area contributed by atoms with Crippen molar-refractivity contribution in [1.82, 2.24) is 0 Å². The Morgan fingerprint density at radius 2 is 2.10 bits per heavy atom. The van der Waals surface area contributed by atoms with Crippen molar-refractivity contribution in [2.24, 2.45) is 11.1 Å². The molecule has 2 fully saturated rings. The zero-order valence-electron chi connectivity index (χ0n) is 10.9. The number of methoxy groups -OCH3 is 1. The fourth-order valence-electron chi connectivity index (χ4n) is 3.02. The van der Waals surface area contributed by atoms with Crippen LogP contribution < -0.4 is 4.74 Å². The van der Waals surface area contributed by atoms with Crippen LogP contribution in [0.15, 0.2) is 29.4 Å². The Kier molecular flexibility index (Phi) is 2.70. The molecule has 5 unspecified atom stereocenters. The molecule has 6 nitrogen and oxygen atoms in total. The minimum atomic E-state index is -0.762. The van der Waals surface area contributed by atoms with E-state index < -0.39 is 12.4 Å². The van der Waals surface area contributed by atoms with Crippen molar-refractivity contribution in [2.75, 3.05) is 13.7 Å². The highest BCUT2D eigenvalue weighted by molar-refractivity contribution is 6.03. The number of oxime groups is 1. The van der Waals surface area contributed by atoms with Crippen LogP contribution in [0.5, 0.6) is 5.75 Å². The van der Waals surface area contributed by atoms with Gasteiger partial charge in [0.05, 0.1) is 25.3 Å². The molecule has 3 heterocycles.